The van der Waals surface area contributed by atoms with Crippen LogP contribution in [0.25, 0.3) is 21.2 Å². The minimum absolute atomic E-state index is 0.0133. The van der Waals surface area contributed by atoms with Gasteiger partial charge in [0.2, 0.25) is 0 Å². The molecule has 1 aromatic heterocycles. The first-order valence-electron chi connectivity index (χ1n) is 8.41. The normalized spacial score (nSPS) is 11.2. The van der Waals surface area contributed by atoms with Gasteiger partial charge in [-0.1, -0.05) is 43.7 Å². The lowest BCUT2D eigenvalue weighted by atomic mass is 9.98. The molecule has 0 aliphatic rings. The predicted octanol–water partition coefficient (Wildman–Crippen LogP) is 5.65. The number of hydrogen-bond donors (Lipinski definition) is 1. The van der Waals surface area contributed by atoms with Crippen molar-refractivity contribution in [1.82, 2.24) is 5.32 Å². The van der Waals surface area contributed by atoms with Crippen LogP contribution in [0.15, 0.2) is 47.8 Å². The zero-order valence-electron chi connectivity index (χ0n) is 14.4. The highest BCUT2D eigenvalue weighted by molar-refractivity contribution is 7.17. The van der Waals surface area contributed by atoms with E-state index in [9.17, 15) is 4.79 Å². The van der Waals surface area contributed by atoms with Crippen LogP contribution in [0.4, 0.5) is 0 Å². The van der Waals surface area contributed by atoms with Gasteiger partial charge >= 0.3 is 0 Å². The molecule has 1 N–H and O–H groups in total. The van der Waals surface area contributed by atoms with Crippen LogP contribution in [-0.4, -0.2) is 12.5 Å². The van der Waals surface area contributed by atoms with E-state index in [0.29, 0.717) is 5.92 Å². The first-order valence-corrected chi connectivity index (χ1v) is 9.29. The van der Waals surface area contributed by atoms with Gasteiger partial charge in [-0.05, 0) is 54.0 Å². The van der Waals surface area contributed by atoms with E-state index in [1.54, 1.807) is 11.3 Å². The van der Waals surface area contributed by atoms with Crippen LogP contribution >= 0.6 is 11.3 Å². The molecule has 0 fully saturated rings. The SMILES string of the molecule is Cc1ccc(-c2cc(C(=O)NCCC(C)C)cc3sccc23)cc1. The van der Waals surface area contributed by atoms with Crippen molar-refractivity contribution in [1.29, 1.82) is 0 Å². The van der Waals surface area contributed by atoms with Crippen LogP contribution in [0.2, 0.25) is 0 Å². The largest absolute Gasteiger partial charge is 0.352 e. The van der Waals surface area contributed by atoms with Gasteiger partial charge in [-0.3, -0.25) is 4.79 Å². The smallest absolute Gasteiger partial charge is 0.251 e. The van der Waals surface area contributed by atoms with Gasteiger partial charge in [0.1, 0.15) is 0 Å². The zero-order chi connectivity index (χ0) is 17.1. The summed E-state index contributed by atoms with van der Waals surface area (Å²) >= 11 is 1.68. The summed E-state index contributed by atoms with van der Waals surface area (Å²) in [6.45, 7) is 7.14. The molecule has 1 heterocycles. The third kappa shape index (κ3) is 3.68. The highest BCUT2D eigenvalue weighted by Gasteiger charge is 2.12. The van der Waals surface area contributed by atoms with E-state index in [1.807, 2.05) is 12.1 Å². The average molecular weight is 337 g/mol. The Morgan fingerprint density at radius 2 is 1.88 bits per heavy atom. The molecule has 1 amide bonds. The molecular formula is C21H23NOS. The van der Waals surface area contributed by atoms with Gasteiger partial charge in [0.05, 0.1) is 0 Å². The van der Waals surface area contributed by atoms with E-state index >= 15 is 0 Å². The number of thiophene rings is 1. The summed E-state index contributed by atoms with van der Waals surface area (Å²) in [4.78, 5) is 12.5. The summed E-state index contributed by atoms with van der Waals surface area (Å²) in [5.74, 6) is 0.604. The van der Waals surface area contributed by atoms with Crippen LogP contribution in [0.1, 0.15) is 36.2 Å². The second-order valence-corrected chi connectivity index (χ2v) is 7.61. The highest BCUT2D eigenvalue weighted by Crippen LogP contribution is 2.33. The quantitative estimate of drug-likeness (QED) is 0.640. The van der Waals surface area contributed by atoms with Crippen molar-refractivity contribution in [3.63, 3.8) is 0 Å². The maximum Gasteiger partial charge on any atom is 0.251 e. The van der Waals surface area contributed by atoms with Crippen molar-refractivity contribution in [2.75, 3.05) is 6.54 Å². The first kappa shape index (κ1) is 16.7. The van der Waals surface area contributed by atoms with E-state index in [1.165, 1.54) is 10.9 Å². The molecular weight excluding hydrogens is 314 g/mol. The monoisotopic (exact) mass is 337 g/mol. The summed E-state index contributed by atoms with van der Waals surface area (Å²) in [5.41, 5.74) is 4.26. The van der Waals surface area contributed by atoms with Crippen molar-refractivity contribution >= 4 is 27.3 Å². The third-order valence-corrected chi connectivity index (χ3v) is 5.07. The highest BCUT2D eigenvalue weighted by atomic mass is 32.1. The lowest BCUT2D eigenvalue weighted by Crippen LogP contribution is -2.25. The van der Waals surface area contributed by atoms with Crippen molar-refractivity contribution in [2.45, 2.75) is 27.2 Å². The third-order valence-electron chi connectivity index (χ3n) is 4.20. The van der Waals surface area contributed by atoms with Gasteiger partial charge in [-0.25, -0.2) is 0 Å². The maximum atomic E-state index is 12.5. The van der Waals surface area contributed by atoms with Crippen molar-refractivity contribution < 1.29 is 4.79 Å². The Bertz CT molecular complexity index is 846. The van der Waals surface area contributed by atoms with Crippen LogP contribution in [0.5, 0.6) is 0 Å². The summed E-state index contributed by atoms with van der Waals surface area (Å²) in [6.07, 6.45) is 0.998. The van der Waals surface area contributed by atoms with Gasteiger partial charge in [-0.15, -0.1) is 11.3 Å². The van der Waals surface area contributed by atoms with E-state index in [-0.39, 0.29) is 5.91 Å². The molecule has 0 atom stereocenters. The van der Waals surface area contributed by atoms with Crippen LogP contribution in [0.3, 0.4) is 0 Å². The molecule has 0 unspecified atom stereocenters. The topological polar surface area (TPSA) is 29.1 Å². The predicted molar refractivity (Wildman–Crippen MR) is 104 cm³/mol. The van der Waals surface area contributed by atoms with Crippen molar-refractivity contribution in [3.05, 3.63) is 59.0 Å². The van der Waals surface area contributed by atoms with E-state index in [0.717, 1.165) is 34.4 Å². The molecule has 2 aromatic carbocycles. The van der Waals surface area contributed by atoms with E-state index in [2.05, 4.69) is 61.8 Å². The van der Waals surface area contributed by atoms with Crippen LogP contribution < -0.4 is 5.32 Å². The molecule has 0 bridgehead atoms. The fourth-order valence-electron chi connectivity index (χ4n) is 2.75. The summed E-state index contributed by atoms with van der Waals surface area (Å²) in [6, 6.07) is 14.6. The minimum Gasteiger partial charge on any atom is -0.352 e. The molecule has 3 aromatic rings. The molecule has 124 valence electrons. The van der Waals surface area contributed by atoms with Gasteiger partial charge in [-0.2, -0.15) is 0 Å². The number of carbonyl (C=O) groups is 1. The van der Waals surface area contributed by atoms with Gasteiger partial charge < -0.3 is 5.32 Å². The number of aryl methyl sites for hydroxylation is 1. The zero-order valence-corrected chi connectivity index (χ0v) is 15.2. The summed E-state index contributed by atoms with van der Waals surface area (Å²) < 4.78 is 1.15. The molecule has 0 aliphatic carbocycles. The molecule has 0 spiro atoms. The Morgan fingerprint density at radius 3 is 2.58 bits per heavy atom. The van der Waals surface area contributed by atoms with E-state index < -0.39 is 0 Å². The maximum absolute atomic E-state index is 12.5. The molecule has 2 nitrogen and oxygen atoms in total. The number of rotatable bonds is 5. The molecule has 0 saturated heterocycles. The van der Waals surface area contributed by atoms with Gasteiger partial charge in [0, 0.05) is 22.2 Å². The Hall–Kier alpha value is -2.13. The minimum atomic E-state index is 0.0133. The second-order valence-electron chi connectivity index (χ2n) is 6.66. The molecule has 0 saturated carbocycles. The summed E-state index contributed by atoms with van der Waals surface area (Å²) in [7, 11) is 0. The lowest BCUT2D eigenvalue weighted by molar-refractivity contribution is 0.0952. The van der Waals surface area contributed by atoms with E-state index in [4.69, 9.17) is 0 Å². The Balaban J connectivity index is 1.95. The average Bonchev–Trinajstić information content (AvgIpc) is 3.02. The number of amides is 1. The first-order chi connectivity index (χ1) is 11.5. The number of nitrogens with one attached hydrogen (secondary N) is 1. The number of hydrogen-bond acceptors (Lipinski definition) is 2. The molecule has 0 aliphatic heterocycles. The van der Waals surface area contributed by atoms with Crippen LogP contribution in [0, 0.1) is 12.8 Å². The number of fused-ring (bicyclic) bond motifs is 1. The molecule has 3 heteroatoms. The van der Waals surface area contributed by atoms with Gasteiger partial charge in [0.25, 0.3) is 5.91 Å². The lowest BCUT2D eigenvalue weighted by Gasteiger charge is -2.10. The molecule has 0 radical (unpaired) electrons. The standard InChI is InChI=1S/C21H23NOS/c1-14(2)8-10-22-21(23)17-12-19(16-6-4-15(3)5-7-16)18-9-11-24-20(18)13-17/h4-7,9,11-14H,8,10H2,1-3H3,(H,22,23). The fraction of sp³-hybridized carbons (Fsp3) is 0.286. The second kappa shape index (κ2) is 7.18. The fourth-order valence-corrected chi connectivity index (χ4v) is 3.60. The molecule has 3 rings (SSSR count). The summed E-state index contributed by atoms with van der Waals surface area (Å²) in [5, 5.41) is 6.34. The van der Waals surface area contributed by atoms with Crippen molar-refractivity contribution in [3.8, 4) is 11.1 Å². The van der Waals surface area contributed by atoms with Gasteiger partial charge in [0.15, 0.2) is 0 Å². The number of benzene rings is 2. The Kier molecular flexibility index (Phi) is 5.00. The van der Waals surface area contributed by atoms with Crippen molar-refractivity contribution in [2.24, 2.45) is 5.92 Å². The Labute approximate surface area is 147 Å². The number of carbonyl (C=O) groups excluding carboxylic acids is 1. The van der Waals surface area contributed by atoms with Crippen LogP contribution in [-0.2, 0) is 0 Å². The Morgan fingerprint density at radius 1 is 1.12 bits per heavy atom. The molecule has 24 heavy (non-hydrogen) atoms.